The van der Waals surface area contributed by atoms with Gasteiger partial charge in [-0.25, -0.2) is 0 Å². The molecule has 0 aromatic heterocycles. The largest absolute Gasteiger partial charge is 0.316 e. The zero-order valence-electron chi connectivity index (χ0n) is 12.5. The molecule has 0 aromatic carbocycles. The van der Waals surface area contributed by atoms with E-state index in [0.717, 1.165) is 36.0 Å². The highest BCUT2D eigenvalue weighted by molar-refractivity contribution is 5.04. The summed E-state index contributed by atoms with van der Waals surface area (Å²) < 4.78 is 0. The summed E-state index contributed by atoms with van der Waals surface area (Å²) in [6, 6.07) is 3.54. The van der Waals surface area contributed by atoms with Gasteiger partial charge in [0.2, 0.25) is 0 Å². The summed E-state index contributed by atoms with van der Waals surface area (Å²) >= 11 is 0. The number of rotatable bonds is 2. The van der Waals surface area contributed by atoms with Crippen LogP contribution in [0.4, 0.5) is 0 Å². The van der Waals surface area contributed by atoms with Crippen molar-refractivity contribution in [3.05, 3.63) is 0 Å². The second-order valence-electron chi connectivity index (χ2n) is 7.43. The summed E-state index contributed by atoms with van der Waals surface area (Å²) in [6.45, 7) is 6.34. The van der Waals surface area contributed by atoms with Crippen LogP contribution in [0.2, 0.25) is 0 Å². The molecule has 0 amide bonds. The molecule has 4 rings (SSSR count). The Labute approximate surface area is 117 Å². The van der Waals surface area contributed by atoms with Crippen LogP contribution in [-0.4, -0.2) is 60.6 Å². The molecule has 0 radical (unpaired) electrons. The molecule has 19 heavy (non-hydrogen) atoms. The smallest absolute Gasteiger partial charge is 0.0140 e. The quantitative estimate of drug-likeness (QED) is 0.815. The van der Waals surface area contributed by atoms with E-state index in [2.05, 4.69) is 29.1 Å². The molecule has 108 valence electrons. The molecule has 2 bridgehead atoms. The standard InChI is InChI=1S/C16H29N3/c1-3-16-15-9-17-8-11(15)10-19(16)14-6-12-4-5-13(7-14)18(12)2/h11-17H,3-10H2,1-2H3. The van der Waals surface area contributed by atoms with Crippen molar-refractivity contribution in [2.75, 3.05) is 26.7 Å². The lowest BCUT2D eigenvalue weighted by Crippen LogP contribution is -2.51. The van der Waals surface area contributed by atoms with Crippen molar-refractivity contribution >= 4 is 0 Å². The first-order chi connectivity index (χ1) is 9.28. The van der Waals surface area contributed by atoms with Gasteiger partial charge in [0.1, 0.15) is 0 Å². The number of nitrogens with one attached hydrogen (secondary N) is 1. The molecule has 4 aliphatic rings. The van der Waals surface area contributed by atoms with Gasteiger partial charge in [0.05, 0.1) is 0 Å². The third-order valence-electron chi connectivity index (χ3n) is 6.72. The minimum Gasteiger partial charge on any atom is -0.316 e. The Kier molecular flexibility index (Phi) is 3.13. The number of hydrogen-bond acceptors (Lipinski definition) is 3. The Bertz CT molecular complexity index is 331. The Hall–Kier alpha value is -0.120. The van der Waals surface area contributed by atoms with Gasteiger partial charge in [0.15, 0.2) is 0 Å². The molecule has 0 aromatic rings. The second kappa shape index (κ2) is 4.71. The highest BCUT2D eigenvalue weighted by Crippen LogP contribution is 2.42. The molecule has 0 saturated carbocycles. The number of nitrogens with zero attached hydrogens (tertiary/aromatic N) is 2. The highest BCUT2D eigenvalue weighted by atomic mass is 15.3. The molecule has 4 heterocycles. The van der Waals surface area contributed by atoms with E-state index in [9.17, 15) is 0 Å². The molecule has 3 nitrogen and oxygen atoms in total. The van der Waals surface area contributed by atoms with Gasteiger partial charge in [-0.1, -0.05) is 6.92 Å². The molecule has 4 saturated heterocycles. The normalized spacial score (nSPS) is 50.8. The Morgan fingerprint density at radius 1 is 1.05 bits per heavy atom. The minimum atomic E-state index is 0.868. The van der Waals surface area contributed by atoms with Gasteiger partial charge >= 0.3 is 0 Å². The van der Waals surface area contributed by atoms with E-state index in [-0.39, 0.29) is 0 Å². The maximum absolute atomic E-state index is 3.61. The first-order valence-corrected chi connectivity index (χ1v) is 8.46. The van der Waals surface area contributed by atoms with Crippen molar-refractivity contribution in [2.45, 2.75) is 63.2 Å². The van der Waals surface area contributed by atoms with Crippen molar-refractivity contribution in [1.82, 2.24) is 15.1 Å². The van der Waals surface area contributed by atoms with Gasteiger partial charge in [-0.05, 0) is 64.1 Å². The van der Waals surface area contributed by atoms with Gasteiger partial charge < -0.3 is 10.2 Å². The van der Waals surface area contributed by atoms with Gasteiger partial charge in [-0.3, -0.25) is 4.90 Å². The van der Waals surface area contributed by atoms with Crippen molar-refractivity contribution < 1.29 is 0 Å². The fourth-order valence-electron chi connectivity index (χ4n) is 5.67. The van der Waals surface area contributed by atoms with Crippen LogP contribution < -0.4 is 5.32 Å². The van der Waals surface area contributed by atoms with Crippen LogP contribution in [0.25, 0.3) is 0 Å². The van der Waals surface area contributed by atoms with E-state index in [0.29, 0.717) is 0 Å². The van der Waals surface area contributed by atoms with Crippen LogP contribution >= 0.6 is 0 Å². The maximum atomic E-state index is 3.61. The predicted octanol–water partition coefficient (Wildman–Crippen LogP) is 1.54. The lowest BCUT2D eigenvalue weighted by Gasteiger charge is -2.43. The number of piperidine rings is 1. The monoisotopic (exact) mass is 263 g/mol. The average Bonchev–Trinajstić information content (AvgIpc) is 3.01. The topological polar surface area (TPSA) is 18.5 Å². The highest BCUT2D eigenvalue weighted by Gasteiger charge is 2.48. The van der Waals surface area contributed by atoms with E-state index in [1.54, 1.807) is 0 Å². The zero-order chi connectivity index (χ0) is 13.0. The second-order valence-corrected chi connectivity index (χ2v) is 7.43. The molecular weight excluding hydrogens is 234 g/mol. The fraction of sp³-hybridized carbons (Fsp3) is 1.00. The fourth-order valence-corrected chi connectivity index (χ4v) is 5.67. The first kappa shape index (κ1) is 12.6. The van der Waals surface area contributed by atoms with Crippen LogP contribution in [-0.2, 0) is 0 Å². The molecule has 4 fully saturated rings. The lowest BCUT2D eigenvalue weighted by atomic mass is 9.91. The van der Waals surface area contributed by atoms with Crippen LogP contribution in [0, 0.1) is 11.8 Å². The van der Waals surface area contributed by atoms with E-state index in [4.69, 9.17) is 0 Å². The summed E-state index contributed by atoms with van der Waals surface area (Å²) in [5, 5.41) is 3.61. The number of fused-ring (bicyclic) bond motifs is 3. The van der Waals surface area contributed by atoms with Crippen molar-refractivity contribution in [1.29, 1.82) is 0 Å². The van der Waals surface area contributed by atoms with Gasteiger partial charge in [0, 0.05) is 30.7 Å². The van der Waals surface area contributed by atoms with Crippen LogP contribution in [0.15, 0.2) is 0 Å². The van der Waals surface area contributed by atoms with Gasteiger partial charge in [-0.2, -0.15) is 0 Å². The molecule has 0 aliphatic carbocycles. The Morgan fingerprint density at radius 2 is 1.79 bits per heavy atom. The van der Waals surface area contributed by atoms with E-state index >= 15 is 0 Å². The first-order valence-electron chi connectivity index (χ1n) is 8.46. The van der Waals surface area contributed by atoms with Crippen LogP contribution in [0.3, 0.4) is 0 Å². The van der Waals surface area contributed by atoms with Gasteiger partial charge in [0.25, 0.3) is 0 Å². The van der Waals surface area contributed by atoms with E-state index < -0.39 is 0 Å². The maximum Gasteiger partial charge on any atom is 0.0140 e. The van der Waals surface area contributed by atoms with E-state index in [1.165, 1.54) is 51.7 Å². The van der Waals surface area contributed by atoms with Crippen molar-refractivity contribution in [2.24, 2.45) is 11.8 Å². The summed E-state index contributed by atoms with van der Waals surface area (Å²) in [4.78, 5) is 5.62. The molecule has 0 spiro atoms. The molecule has 1 N–H and O–H groups in total. The SMILES string of the molecule is CCC1C2CNCC2CN1C1CC2CCC(C1)N2C. The summed E-state index contributed by atoms with van der Waals surface area (Å²) in [5.41, 5.74) is 0. The third kappa shape index (κ3) is 1.89. The number of likely N-dealkylation sites (tertiary alicyclic amines) is 1. The van der Waals surface area contributed by atoms with Crippen molar-refractivity contribution in [3.63, 3.8) is 0 Å². The molecule has 5 atom stereocenters. The average molecular weight is 263 g/mol. The molecule has 3 heteroatoms. The van der Waals surface area contributed by atoms with E-state index in [1.807, 2.05) is 0 Å². The lowest BCUT2D eigenvalue weighted by molar-refractivity contribution is 0.0594. The number of hydrogen-bond donors (Lipinski definition) is 1. The molecule has 4 aliphatic heterocycles. The predicted molar refractivity (Wildman–Crippen MR) is 78.2 cm³/mol. The molecular formula is C16H29N3. The Morgan fingerprint density at radius 3 is 2.47 bits per heavy atom. The summed E-state index contributed by atoms with van der Waals surface area (Å²) in [6.07, 6.45) is 7.14. The minimum absolute atomic E-state index is 0.868. The zero-order valence-corrected chi connectivity index (χ0v) is 12.5. The Balaban J connectivity index is 1.50. The third-order valence-corrected chi connectivity index (χ3v) is 6.72. The molecule has 5 unspecified atom stereocenters. The van der Waals surface area contributed by atoms with Gasteiger partial charge in [-0.15, -0.1) is 0 Å². The van der Waals surface area contributed by atoms with Crippen molar-refractivity contribution in [3.8, 4) is 0 Å². The summed E-state index contributed by atoms with van der Waals surface area (Å²) in [7, 11) is 2.36. The van der Waals surface area contributed by atoms with Crippen LogP contribution in [0.1, 0.15) is 39.0 Å². The summed E-state index contributed by atoms with van der Waals surface area (Å²) in [5.74, 6) is 1.89. The van der Waals surface area contributed by atoms with Crippen LogP contribution in [0.5, 0.6) is 0 Å².